The van der Waals surface area contributed by atoms with Crippen LogP contribution in [0, 0.1) is 0 Å². The van der Waals surface area contributed by atoms with Crippen LogP contribution in [0.3, 0.4) is 0 Å². The summed E-state index contributed by atoms with van der Waals surface area (Å²) in [6, 6.07) is 11.2. The fraction of sp³-hybridized carbons (Fsp3) is 0.409. The normalized spacial score (nSPS) is 15.0. The summed E-state index contributed by atoms with van der Waals surface area (Å²) in [5, 5.41) is 2.72. The van der Waals surface area contributed by atoms with Crippen molar-refractivity contribution in [2.75, 3.05) is 39.2 Å². The van der Waals surface area contributed by atoms with Gasteiger partial charge in [0.05, 0.1) is 24.8 Å². The minimum atomic E-state index is -3.51. The van der Waals surface area contributed by atoms with Crippen molar-refractivity contribution in [3.8, 4) is 17.2 Å². The number of sulfonamides is 1. The number of hydrogen-bond donors (Lipinski definition) is 1. The number of amides is 1. The standard InChI is InChI=1S/C22H28N2O6S/c1-28-18-9-12-20(21(15-18)29-2)23-22(25)16-30-17-7-10-19(11-8-17)31(26,27)24-13-5-3-4-6-14-24/h7-12,15H,3-6,13-14,16H2,1-2H3,(H,23,25). The molecule has 0 atom stereocenters. The molecule has 1 heterocycles. The van der Waals surface area contributed by atoms with Crippen molar-refractivity contribution in [1.29, 1.82) is 0 Å². The number of anilines is 1. The van der Waals surface area contributed by atoms with Gasteiger partial charge in [0, 0.05) is 19.2 Å². The van der Waals surface area contributed by atoms with Crippen LogP contribution in [0.4, 0.5) is 5.69 Å². The van der Waals surface area contributed by atoms with Gasteiger partial charge in [0.15, 0.2) is 6.61 Å². The Balaban J connectivity index is 1.58. The zero-order valence-electron chi connectivity index (χ0n) is 17.8. The van der Waals surface area contributed by atoms with Crippen molar-refractivity contribution in [2.24, 2.45) is 0 Å². The molecule has 9 heteroatoms. The van der Waals surface area contributed by atoms with Gasteiger partial charge in [-0.1, -0.05) is 12.8 Å². The number of methoxy groups -OCH3 is 2. The number of ether oxygens (including phenoxy) is 3. The Labute approximate surface area is 183 Å². The van der Waals surface area contributed by atoms with E-state index >= 15 is 0 Å². The third kappa shape index (κ3) is 5.89. The molecule has 1 amide bonds. The summed E-state index contributed by atoms with van der Waals surface area (Å²) in [5.41, 5.74) is 0.496. The number of benzene rings is 2. The molecule has 0 unspecified atom stereocenters. The van der Waals surface area contributed by atoms with Crippen molar-refractivity contribution >= 4 is 21.6 Å². The van der Waals surface area contributed by atoms with E-state index in [9.17, 15) is 13.2 Å². The van der Waals surface area contributed by atoms with Gasteiger partial charge in [0.1, 0.15) is 17.2 Å². The predicted octanol–water partition coefficient (Wildman–Crippen LogP) is 3.29. The van der Waals surface area contributed by atoms with E-state index in [1.54, 1.807) is 41.7 Å². The van der Waals surface area contributed by atoms with Crippen LogP contribution in [0.15, 0.2) is 47.4 Å². The van der Waals surface area contributed by atoms with E-state index in [-0.39, 0.29) is 17.4 Å². The molecule has 1 aliphatic rings. The maximum Gasteiger partial charge on any atom is 0.262 e. The Morgan fingerprint density at radius 1 is 0.935 bits per heavy atom. The van der Waals surface area contributed by atoms with Crippen LogP contribution in [0.1, 0.15) is 25.7 Å². The first-order valence-corrected chi connectivity index (χ1v) is 11.6. The van der Waals surface area contributed by atoms with Crippen molar-refractivity contribution in [1.82, 2.24) is 4.31 Å². The highest BCUT2D eigenvalue weighted by Gasteiger charge is 2.25. The molecule has 2 aromatic rings. The monoisotopic (exact) mass is 448 g/mol. The Hall–Kier alpha value is -2.78. The summed E-state index contributed by atoms with van der Waals surface area (Å²) in [7, 11) is -0.464. The Morgan fingerprint density at radius 3 is 2.19 bits per heavy atom. The van der Waals surface area contributed by atoms with Crippen LogP contribution < -0.4 is 19.5 Å². The number of carbonyl (C=O) groups is 1. The number of rotatable bonds is 8. The molecule has 8 nitrogen and oxygen atoms in total. The average molecular weight is 449 g/mol. The van der Waals surface area contributed by atoms with E-state index in [4.69, 9.17) is 14.2 Å². The largest absolute Gasteiger partial charge is 0.497 e. The zero-order chi connectivity index (χ0) is 22.3. The number of hydrogen-bond acceptors (Lipinski definition) is 6. The van der Waals surface area contributed by atoms with Gasteiger partial charge in [-0.2, -0.15) is 4.31 Å². The topological polar surface area (TPSA) is 94.2 Å². The van der Waals surface area contributed by atoms with Gasteiger partial charge >= 0.3 is 0 Å². The molecule has 2 aromatic carbocycles. The number of nitrogens with zero attached hydrogens (tertiary/aromatic N) is 1. The summed E-state index contributed by atoms with van der Waals surface area (Å²) in [6.07, 6.45) is 3.88. The highest BCUT2D eigenvalue weighted by molar-refractivity contribution is 7.89. The minimum Gasteiger partial charge on any atom is -0.497 e. The maximum absolute atomic E-state index is 12.8. The average Bonchev–Trinajstić information content (AvgIpc) is 3.08. The third-order valence-corrected chi connectivity index (χ3v) is 6.99. The van der Waals surface area contributed by atoms with Crippen LogP contribution in [0.5, 0.6) is 17.2 Å². The molecular weight excluding hydrogens is 420 g/mol. The molecule has 31 heavy (non-hydrogen) atoms. The van der Waals surface area contributed by atoms with Crippen molar-refractivity contribution < 1.29 is 27.4 Å². The van der Waals surface area contributed by atoms with Gasteiger partial charge < -0.3 is 19.5 Å². The quantitative estimate of drug-likeness (QED) is 0.666. The van der Waals surface area contributed by atoms with Gasteiger partial charge in [0.25, 0.3) is 5.91 Å². The van der Waals surface area contributed by atoms with E-state index < -0.39 is 10.0 Å². The molecule has 0 aliphatic carbocycles. The van der Waals surface area contributed by atoms with E-state index in [0.717, 1.165) is 25.7 Å². The molecule has 1 aliphatic heterocycles. The second kappa shape index (κ2) is 10.5. The molecule has 168 valence electrons. The van der Waals surface area contributed by atoms with Crippen LogP contribution in [-0.4, -0.2) is 52.5 Å². The molecule has 0 aromatic heterocycles. The number of carbonyl (C=O) groups excluding carboxylic acids is 1. The van der Waals surface area contributed by atoms with Gasteiger partial charge in [-0.3, -0.25) is 4.79 Å². The van der Waals surface area contributed by atoms with Gasteiger partial charge in [0.2, 0.25) is 10.0 Å². The second-order valence-electron chi connectivity index (χ2n) is 7.19. The smallest absolute Gasteiger partial charge is 0.262 e. The molecule has 0 bridgehead atoms. The van der Waals surface area contributed by atoms with Crippen LogP contribution in [0.25, 0.3) is 0 Å². The molecule has 0 spiro atoms. The summed E-state index contributed by atoms with van der Waals surface area (Å²) >= 11 is 0. The van der Waals surface area contributed by atoms with E-state index in [0.29, 0.717) is 36.0 Å². The lowest BCUT2D eigenvalue weighted by Gasteiger charge is -2.20. The van der Waals surface area contributed by atoms with Crippen molar-refractivity contribution in [3.05, 3.63) is 42.5 Å². The zero-order valence-corrected chi connectivity index (χ0v) is 18.6. The molecule has 0 saturated carbocycles. The SMILES string of the molecule is COc1ccc(NC(=O)COc2ccc(S(=O)(=O)N3CCCCCC3)cc2)c(OC)c1. The first-order chi connectivity index (χ1) is 14.9. The summed E-state index contributed by atoms with van der Waals surface area (Å²) < 4.78 is 43.1. The first-order valence-electron chi connectivity index (χ1n) is 10.2. The highest BCUT2D eigenvalue weighted by Crippen LogP contribution is 2.29. The summed E-state index contributed by atoms with van der Waals surface area (Å²) in [6.45, 7) is 0.874. The van der Waals surface area contributed by atoms with E-state index in [1.807, 2.05) is 0 Å². The summed E-state index contributed by atoms with van der Waals surface area (Å²) in [4.78, 5) is 12.5. The lowest BCUT2D eigenvalue weighted by atomic mass is 10.2. The number of nitrogens with one attached hydrogen (secondary N) is 1. The Kier molecular flexibility index (Phi) is 7.75. The van der Waals surface area contributed by atoms with Gasteiger partial charge in [-0.15, -0.1) is 0 Å². The predicted molar refractivity (Wildman–Crippen MR) is 117 cm³/mol. The fourth-order valence-electron chi connectivity index (χ4n) is 3.38. The van der Waals surface area contributed by atoms with Crippen LogP contribution >= 0.6 is 0 Å². The van der Waals surface area contributed by atoms with E-state index in [1.165, 1.54) is 19.2 Å². The van der Waals surface area contributed by atoms with Crippen LogP contribution in [-0.2, 0) is 14.8 Å². The van der Waals surface area contributed by atoms with Gasteiger partial charge in [-0.05, 0) is 49.2 Å². The minimum absolute atomic E-state index is 0.229. The lowest BCUT2D eigenvalue weighted by molar-refractivity contribution is -0.118. The molecule has 1 fully saturated rings. The molecule has 0 radical (unpaired) electrons. The first kappa shape index (κ1) is 22.9. The summed E-state index contributed by atoms with van der Waals surface area (Å²) in [5.74, 6) is 1.12. The lowest BCUT2D eigenvalue weighted by Crippen LogP contribution is -2.31. The van der Waals surface area contributed by atoms with Crippen LogP contribution in [0.2, 0.25) is 0 Å². The second-order valence-corrected chi connectivity index (χ2v) is 9.13. The van der Waals surface area contributed by atoms with E-state index in [2.05, 4.69) is 5.32 Å². The van der Waals surface area contributed by atoms with Crippen molar-refractivity contribution in [3.63, 3.8) is 0 Å². The Bertz CT molecular complexity index is 984. The third-order valence-electron chi connectivity index (χ3n) is 5.08. The molecule has 1 saturated heterocycles. The van der Waals surface area contributed by atoms with Gasteiger partial charge in [-0.25, -0.2) is 8.42 Å². The molecule has 1 N–H and O–H groups in total. The molecule has 3 rings (SSSR count). The fourth-order valence-corrected chi connectivity index (χ4v) is 4.89. The van der Waals surface area contributed by atoms with Crippen molar-refractivity contribution in [2.45, 2.75) is 30.6 Å². The Morgan fingerprint density at radius 2 is 1.58 bits per heavy atom. The maximum atomic E-state index is 12.8. The highest BCUT2D eigenvalue weighted by atomic mass is 32.2. The molecular formula is C22H28N2O6S.